The first kappa shape index (κ1) is 21.4. The molecule has 2 aromatic carbocycles. The van der Waals surface area contributed by atoms with E-state index in [-0.39, 0.29) is 33.5 Å². The summed E-state index contributed by atoms with van der Waals surface area (Å²) in [6.07, 6.45) is 0. The molecule has 0 atom stereocenters. The van der Waals surface area contributed by atoms with Crippen LogP contribution in [0.3, 0.4) is 0 Å². The molecule has 152 valence electrons. The second-order valence-corrected chi connectivity index (χ2v) is 5.76. The van der Waals surface area contributed by atoms with Crippen LogP contribution >= 0.6 is 11.6 Å². The summed E-state index contributed by atoms with van der Waals surface area (Å²) in [5, 5.41) is 13.1. The molecular weight excluding hydrogens is 410 g/mol. The molecule has 29 heavy (non-hydrogen) atoms. The van der Waals surface area contributed by atoms with Crippen LogP contribution in [0.25, 0.3) is 0 Å². The topological polar surface area (TPSA) is 160 Å². The van der Waals surface area contributed by atoms with E-state index in [0.29, 0.717) is 0 Å². The summed E-state index contributed by atoms with van der Waals surface area (Å²) in [4.78, 5) is 44.4. The van der Waals surface area contributed by atoms with E-state index in [9.17, 15) is 24.5 Å². The predicted molar refractivity (Wildman–Crippen MR) is 99.2 cm³/mol. The molecule has 3 amide bonds. The van der Waals surface area contributed by atoms with E-state index in [1.54, 1.807) is 5.32 Å². The third-order valence-electron chi connectivity index (χ3n) is 3.33. The smallest absolute Gasteiger partial charge is 0.338 e. The summed E-state index contributed by atoms with van der Waals surface area (Å²) in [5.41, 5.74) is 4.42. The van der Waals surface area contributed by atoms with Gasteiger partial charge in [-0.05, 0) is 30.3 Å². The summed E-state index contributed by atoms with van der Waals surface area (Å²) in [5.74, 6) is -1.71. The summed E-state index contributed by atoms with van der Waals surface area (Å²) in [6.45, 7) is -0.723. The number of urea groups is 1. The lowest BCUT2D eigenvalue weighted by atomic mass is 10.2. The third-order valence-corrected chi connectivity index (χ3v) is 3.57. The summed E-state index contributed by atoms with van der Waals surface area (Å²) >= 11 is 5.77. The molecule has 3 N–H and O–H groups in total. The number of carbonyl (C=O) groups is 3. The van der Waals surface area contributed by atoms with Gasteiger partial charge in [0.25, 0.3) is 5.91 Å². The number of carbonyl (C=O) groups excluding carboxylic acids is 3. The van der Waals surface area contributed by atoms with Crippen molar-refractivity contribution in [2.45, 2.75) is 0 Å². The minimum Gasteiger partial charge on any atom is -0.493 e. The van der Waals surface area contributed by atoms with Crippen molar-refractivity contribution in [3.05, 3.63) is 57.1 Å². The van der Waals surface area contributed by atoms with Crippen molar-refractivity contribution in [2.75, 3.05) is 13.7 Å². The van der Waals surface area contributed by atoms with E-state index < -0.39 is 29.4 Å². The number of nitrogens with zero attached hydrogens (tertiary/aromatic N) is 1. The number of nitrogens with two attached hydrogens (primary N) is 1. The summed E-state index contributed by atoms with van der Waals surface area (Å²) in [7, 11) is 1.30. The zero-order valence-electron chi connectivity index (χ0n) is 14.8. The van der Waals surface area contributed by atoms with Crippen LogP contribution in [0.5, 0.6) is 17.2 Å². The highest BCUT2D eigenvalue weighted by atomic mass is 35.5. The fourth-order valence-electron chi connectivity index (χ4n) is 2.10. The minimum absolute atomic E-state index is 0.00619. The quantitative estimate of drug-likeness (QED) is 0.390. The largest absolute Gasteiger partial charge is 0.493 e. The van der Waals surface area contributed by atoms with Crippen molar-refractivity contribution in [3.63, 3.8) is 0 Å². The number of nitro groups is 1. The molecule has 0 aliphatic rings. The number of imide groups is 1. The lowest BCUT2D eigenvalue weighted by Crippen LogP contribution is -2.37. The lowest BCUT2D eigenvalue weighted by Gasteiger charge is -2.12. The van der Waals surface area contributed by atoms with Crippen molar-refractivity contribution in [1.29, 1.82) is 0 Å². The van der Waals surface area contributed by atoms with Crippen molar-refractivity contribution >= 4 is 35.2 Å². The molecule has 0 radical (unpaired) electrons. The van der Waals surface area contributed by atoms with Gasteiger partial charge >= 0.3 is 17.7 Å². The molecule has 0 aliphatic carbocycles. The van der Waals surface area contributed by atoms with E-state index in [1.165, 1.54) is 37.4 Å². The lowest BCUT2D eigenvalue weighted by molar-refractivity contribution is -0.385. The molecule has 12 heteroatoms. The number of hydrogen-bond acceptors (Lipinski definition) is 8. The second-order valence-electron chi connectivity index (χ2n) is 5.33. The molecule has 0 unspecified atom stereocenters. The average Bonchev–Trinajstić information content (AvgIpc) is 2.67. The van der Waals surface area contributed by atoms with Crippen molar-refractivity contribution in [3.8, 4) is 17.2 Å². The first-order chi connectivity index (χ1) is 13.7. The van der Waals surface area contributed by atoms with Gasteiger partial charge in [-0.15, -0.1) is 0 Å². The summed E-state index contributed by atoms with van der Waals surface area (Å²) < 4.78 is 15.4. The Bertz CT molecular complexity index is 979. The van der Waals surface area contributed by atoms with Crippen LogP contribution in [0, 0.1) is 10.1 Å². The predicted octanol–water partition coefficient (Wildman–Crippen LogP) is 2.40. The Balaban J connectivity index is 2.19. The van der Waals surface area contributed by atoms with Crippen LogP contribution in [0.1, 0.15) is 10.4 Å². The molecule has 2 aromatic rings. The van der Waals surface area contributed by atoms with Crippen LogP contribution in [0.15, 0.2) is 36.4 Å². The number of benzene rings is 2. The van der Waals surface area contributed by atoms with Crippen LogP contribution in [0.4, 0.5) is 10.5 Å². The number of rotatable bonds is 7. The number of ether oxygens (including phenoxy) is 3. The maximum Gasteiger partial charge on any atom is 0.338 e. The van der Waals surface area contributed by atoms with Gasteiger partial charge in [0.1, 0.15) is 0 Å². The third kappa shape index (κ3) is 5.81. The van der Waals surface area contributed by atoms with E-state index in [1.807, 2.05) is 0 Å². The molecule has 0 saturated carbocycles. The second kappa shape index (κ2) is 9.37. The first-order valence-corrected chi connectivity index (χ1v) is 8.15. The molecule has 0 saturated heterocycles. The van der Waals surface area contributed by atoms with Gasteiger partial charge in [0, 0.05) is 11.1 Å². The Morgan fingerprint density at radius 3 is 2.45 bits per heavy atom. The SMILES string of the molecule is COc1cc(C(=O)OCC(=O)NC(N)=O)ccc1Oc1ccc(Cl)cc1[N+](=O)[O-]. The van der Waals surface area contributed by atoms with Crippen LogP contribution < -0.4 is 20.5 Å². The Morgan fingerprint density at radius 1 is 1.14 bits per heavy atom. The first-order valence-electron chi connectivity index (χ1n) is 7.77. The van der Waals surface area contributed by atoms with Crippen molar-refractivity contribution in [1.82, 2.24) is 5.32 Å². The standard InChI is InChI=1S/C17H14ClN3O8/c1-27-14-6-9(16(23)28-8-15(22)20-17(19)24)2-4-13(14)29-12-5-3-10(18)7-11(12)21(25)26/h2-7H,8H2,1H3,(H3,19,20,22,24). The van der Waals surface area contributed by atoms with Crippen LogP contribution in [0.2, 0.25) is 5.02 Å². The maximum absolute atomic E-state index is 12.0. The fraction of sp³-hybridized carbons (Fsp3) is 0.118. The molecule has 0 spiro atoms. The zero-order valence-corrected chi connectivity index (χ0v) is 15.6. The van der Waals surface area contributed by atoms with E-state index in [4.69, 9.17) is 31.5 Å². The minimum atomic E-state index is -1.08. The maximum atomic E-state index is 12.0. The number of nitro benzene ring substituents is 1. The Labute approximate surface area is 168 Å². The van der Waals surface area contributed by atoms with Gasteiger partial charge in [-0.25, -0.2) is 9.59 Å². The summed E-state index contributed by atoms with van der Waals surface area (Å²) in [6, 6.07) is 6.67. The van der Waals surface area contributed by atoms with Gasteiger partial charge in [-0.2, -0.15) is 0 Å². The molecule has 0 heterocycles. The number of nitrogens with one attached hydrogen (secondary N) is 1. The monoisotopic (exact) mass is 423 g/mol. The van der Waals surface area contributed by atoms with E-state index in [2.05, 4.69) is 0 Å². The van der Waals surface area contributed by atoms with Crippen LogP contribution in [-0.4, -0.2) is 36.5 Å². The van der Waals surface area contributed by atoms with Gasteiger partial charge in [0.05, 0.1) is 17.6 Å². The zero-order chi connectivity index (χ0) is 21.6. The highest BCUT2D eigenvalue weighted by Crippen LogP contribution is 2.37. The number of esters is 1. The van der Waals surface area contributed by atoms with E-state index in [0.717, 1.165) is 6.07 Å². The van der Waals surface area contributed by atoms with Gasteiger partial charge in [-0.3, -0.25) is 20.2 Å². The molecule has 0 fully saturated rings. The number of methoxy groups -OCH3 is 1. The Hall–Kier alpha value is -3.86. The van der Waals surface area contributed by atoms with Gasteiger partial charge < -0.3 is 19.9 Å². The molecule has 11 nitrogen and oxygen atoms in total. The number of hydrogen-bond donors (Lipinski definition) is 2. The molecule has 0 aliphatic heterocycles. The number of halogens is 1. The highest BCUT2D eigenvalue weighted by molar-refractivity contribution is 6.30. The Morgan fingerprint density at radius 2 is 1.83 bits per heavy atom. The van der Waals surface area contributed by atoms with Gasteiger partial charge in [0.15, 0.2) is 18.1 Å². The molecule has 2 rings (SSSR count). The fourth-order valence-corrected chi connectivity index (χ4v) is 2.27. The Kier molecular flexibility index (Phi) is 6.93. The highest BCUT2D eigenvalue weighted by Gasteiger charge is 2.19. The van der Waals surface area contributed by atoms with Gasteiger partial charge in [-0.1, -0.05) is 11.6 Å². The van der Waals surface area contributed by atoms with Crippen molar-refractivity contribution < 1.29 is 33.5 Å². The van der Waals surface area contributed by atoms with E-state index >= 15 is 0 Å². The van der Waals surface area contributed by atoms with Crippen molar-refractivity contribution in [2.24, 2.45) is 5.73 Å². The average molecular weight is 424 g/mol. The molecule has 0 bridgehead atoms. The van der Waals surface area contributed by atoms with Crippen LogP contribution in [-0.2, 0) is 9.53 Å². The normalized spacial score (nSPS) is 10.0. The molecule has 0 aromatic heterocycles. The number of primary amides is 1. The van der Waals surface area contributed by atoms with Gasteiger partial charge in [0.2, 0.25) is 5.75 Å². The molecular formula is C17H14ClN3O8. The number of amides is 3.